The number of hydrogen-bond donors (Lipinski definition) is 1. The molecule has 0 unspecified atom stereocenters. The number of nitrogens with zero attached hydrogens (tertiary/aromatic N) is 3. The molecule has 1 aliphatic heterocycles. The van der Waals surface area contributed by atoms with Gasteiger partial charge in [0.05, 0.1) is 21.7 Å². The smallest absolute Gasteiger partial charge is 0.317 e. The van der Waals surface area contributed by atoms with Crippen LogP contribution >= 0.6 is 11.6 Å². The van der Waals surface area contributed by atoms with Crippen LogP contribution in [0.5, 0.6) is 0 Å². The maximum absolute atomic E-state index is 12.5. The van der Waals surface area contributed by atoms with E-state index in [2.05, 4.69) is 0 Å². The molecule has 5 nitrogen and oxygen atoms in total. The topological polar surface area (TPSA) is 38.8 Å². The van der Waals surface area contributed by atoms with Crippen LogP contribution in [0.4, 0.5) is 10.5 Å². The first-order chi connectivity index (χ1) is 21.5. The van der Waals surface area contributed by atoms with Crippen LogP contribution in [-0.4, -0.2) is 68.5 Å². The van der Waals surface area contributed by atoms with Gasteiger partial charge in [-0.3, -0.25) is 4.90 Å². The number of rotatable bonds is 5. The summed E-state index contributed by atoms with van der Waals surface area (Å²) in [6, 6.07) is -7.53. The van der Waals surface area contributed by atoms with Crippen molar-refractivity contribution in [2.45, 2.75) is 44.9 Å². The number of carbonyl (C=O) groups is 1. The Morgan fingerprint density at radius 2 is 1.96 bits per heavy atom. The Balaban J connectivity index is 2.24. The van der Waals surface area contributed by atoms with Gasteiger partial charge in [0.2, 0.25) is 0 Å². The van der Waals surface area contributed by atoms with Gasteiger partial charge in [0.1, 0.15) is 0 Å². The van der Waals surface area contributed by atoms with E-state index in [1.165, 1.54) is 6.92 Å². The SMILES string of the molecule is [2H]c1c([2H])c(C)c(Cl)c(N2C([2H])([2H])C([2H])([2H])N(CC[C@]3([2H])C([2H])([2H])C([2H])([2H])[C@@]([2H])(NC(=O)N(C)C)C([2H])([2H])C3([2H])[2H])C([2H])([2H])C2([2H])[2H])c1[2H]. The van der Waals surface area contributed by atoms with Crippen LogP contribution in [-0.2, 0) is 0 Å². The Kier molecular flexibility index (Phi) is 2.48. The largest absolute Gasteiger partial charge is 0.368 e. The van der Waals surface area contributed by atoms with Gasteiger partial charge in [0.25, 0.3) is 0 Å². The second kappa shape index (κ2) is 9.84. The third-order valence-corrected chi connectivity index (χ3v) is 4.15. The zero-order chi connectivity index (χ0) is 38.9. The number of urea groups is 1. The Labute approximate surface area is 204 Å². The van der Waals surface area contributed by atoms with E-state index in [-0.39, 0.29) is 15.4 Å². The van der Waals surface area contributed by atoms with Crippen molar-refractivity contribution in [3.05, 3.63) is 28.7 Å². The molecule has 1 saturated heterocycles. The summed E-state index contributed by atoms with van der Waals surface area (Å²) in [5.74, 6) is -3.69. The normalized spacial score (nSPS) is 54.1. The molecule has 2 aliphatic rings. The molecule has 28 heavy (non-hydrogen) atoms. The molecule has 0 bridgehead atoms. The monoisotopic (exact) mass is 427 g/mol. The minimum Gasteiger partial charge on any atom is -0.368 e. The standard InChI is InChI=1S/C22H35ClN4O/c1-17-5-4-6-20(21(17)23)27-15-13-26(14-16-27)12-11-18-7-9-19(10-8-18)24-22(28)25(2)3/h4-6,18-19H,7-16H2,1-3H3,(H,24,28)/t18-,19-/i4D,5D,6D,7D2,8D2,9D2,10D2,13D2,14D2,15D2,16D2,18D,19D. The fourth-order valence-electron chi connectivity index (χ4n) is 2.09. The third kappa shape index (κ3) is 5.54. The zero-order valence-corrected chi connectivity index (χ0v) is 16.3. The molecule has 1 N–H and O–H groups in total. The molecule has 1 aromatic carbocycles. The number of amides is 2. The van der Waals surface area contributed by atoms with Crippen LogP contribution in [0.25, 0.3) is 0 Å². The summed E-state index contributed by atoms with van der Waals surface area (Å²) in [4.78, 5) is 12.9. The minimum atomic E-state index is -3.94. The number of benzene rings is 1. The maximum Gasteiger partial charge on any atom is 0.317 e. The number of halogens is 1. The highest BCUT2D eigenvalue weighted by atomic mass is 35.5. The highest BCUT2D eigenvalue weighted by Crippen LogP contribution is 2.30. The lowest BCUT2D eigenvalue weighted by molar-refractivity contribution is 0.194. The number of nitrogens with one attached hydrogen (secondary N) is 1. The summed E-state index contributed by atoms with van der Waals surface area (Å²) in [5, 5.41) is 1.02. The Bertz CT molecular complexity index is 1450. The van der Waals surface area contributed by atoms with Crippen LogP contribution in [0.1, 0.15) is 66.3 Å². The van der Waals surface area contributed by atoms with E-state index in [0.29, 0.717) is 0 Å². The van der Waals surface area contributed by atoms with Crippen LogP contribution in [0, 0.1) is 12.8 Å². The molecule has 2 fully saturated rings. The average molecular weight is 428 g/mol. The lowest BCUT2D eigenvalue weighted by Gasteiger charge is -2.37. The highest BCUT2D eigenvalue weighted by molar-refractivity contribution is 6.34. The van der Waals surface area contributed by atoms with Crippen LogP contribution in [0.3, 0.4) is 0 Å². The van der Waals surface area contributed by atoms with Crippen molar-refractivity contribution in [1.29, 1.82) is 0 Å². The van der Waals surface area contributed by atoms with Crippen molar-refractivity contribution in [3.63, 3.8) is 0 Å². The molecule has 0 atom stereocenters. The summed E-state index contributed by atoms with van der Waals surface area (Å²) in [7, 11) is 2.25. The molecule has 1 aliphatic carbocycles. The van der Waals surface area contributed by atoms with Crippen molar-refractivity contribution in [2.75, 3.05) is 51.5 Å². The number of carbonyl (C=O) groups excluding carboxylic acids is 1. The number of piperazine rings is 1. The van der Waals surface area contributed by atoms with Crippen molar-refractivity contribution in [2.24, 2.45) is 5.89 Å². The van der Waals surface area contributed by atoms with Crippen LogP contribution < -0.4 is 10.2 Å². The number of anilines is 1. The average Bonchev–Trinajstić information content (AvgIpc) is 2.94. The molecule has 0 spiro atoms. The van der Waals surface area contributed by atoms with Crippen molar-refractivity contribution in [3.8, 4) is 0 Å². The van der Waals surface area contributed by atoms with Gasteiger partial charge in [-0.1, -0.05) is 23.7 Å². The fourth-order valence-corrected chi connectivity index (χ4v) is 2.27. The molecule has 1 heterocycles. The van der Waals surface area contributed by atoms with Gasteiger partial charge in [-0.2, -0.15) is 0 Å². The second-order valence-electron chi connectivity index (χ2n) is 6.02. The Hall–Kier alpha value is -1.46. The van der Waals surface area contributed by atoms with E-state index < -0.39 is 111 Å². The van der Waals surface area contributed by atoms with E-state index >= 15 is 0 Å². The molecule has 6 heteroatoms. The molecule has 0 radical (unpaired) electrons. The van der Waals surface area contributed by atoms with Gasteiger partial charge in [0.15, 0.2) is 0 Å². The fraction of sp³-hybridized carbons (Fsp3) is 0.682. The second-order valence-corrected chi connectivity index (χ2v) is 6.40. The predicted octanol–water partition coefficient (Wildman–Crippen LogP) is 3.99. The minimum absolute atomic E-state index is 0.125. The summed E-state index contributed by atoms with van der Waals surface area (Å²) in [6.45, 7) is -15.2. The molecular weight excluding hydrogens is 372 g/mol. The molecule has 1 aromatic rings. The van der Waals surface area contributed by atoms with Crippen molar-refractivity contribution >= 4 is 23.3 Å². The van der Waals surface area contributed by atoms with Gasteiger partial charge in [-0.25, -0.2) is 4.79 Å². The zero-order valence-electron chi connectivity index (χ0n) is 36.5. The molecule has 1 saturated carbocycles. The summed E-state index contributed by atoms with van der Waals surface area (Å²) >= 11 is 6.28. The van der Waals surface area contributed by atoms with Gasteiger partial charge in [-0.05, 0) is 62.9 Å². The Morgan fingerprint density at radius 3 is 2.61 bits per heavy atom. The predicted molar refractivity (Wildman–Crippen MR) is 117 cm³/mol. The summed E-state index contributed by atoms with van der Waals surface area (Å²) in [5.41, 5.74) is -1.20. The summed E-state index contributed by atoms with van der Waals surface area (Å²) < 4.78 is 180. The molecular formula is C22H35ClN4O. The lowest BCUT2D eigenvalue weighted by Crippen LogP contribution is -2.47. The van der Waals surface area contributed by atoms with E-state index in [9.17, 15) is 4.79 Å². The molecule has 156 valence electrons. The van der Waals surface area contributed by atoms with Gasteiger partial charge >= 0.3 is 6.03 Å². The van der Waals surface area contributed by atoms with Crippen LogP contribution in [0.15, 0.2) is 18.1 Å². The lowest BCUT2D eigenvalue weighted by atomic mass is 9.84. The highest BCUT2D eigenvalue weighted by Gasteiger charge is 2.24. The first-order valence-corrected chi connectivity index (χ1v) is 8.68. The first-order valence-electron chi connectivity index (χ1n) is 18.8. The molecule has 2 amide bonds. The first kappa shape index (κ1) is 7.05. The van der Waals surface area contributed by atoms with Crippen molar-refractivity contribution in [1.82, 2.24) is 15.1 Å². The van der Waals surface area contributed by atoms with Gasteiger partial charge in [0, 0.05) is 63.9 Å². The number of hydrogen-bond acceptors (Lipinski definition) is 3. The Morgan fingerprint density at radius 1 is 1.29 bits per heavy atom. The van der Waals surface area contributed by atoms with E-state index in [0.717, 1.165) is 19.0 Å². The molecule has 3 rings (SSSR count). The van der Waals surface area contributed by atoms with Gasteiger partial charge in [-0.15, -0.1) is 0 Å². The quantitative estimate of drug-likeness (QED) is 0.771. The van der Waals surface area contributed by atoms with Crippen molar-refractivity contribution < 1.29 is 33.6 Å². The molecule has 0 aromatic heterocycles. The van der Waals surface area contributed by atoms with E-state index in [1.807, 2.05) is 0 Å². The third-order valence-electron chi connectivity index (χ3n) is 3.69. The summed E-state index contributed by atoms with van der Waals surface area (Å²) in [6.07, 6.45) is -17.3. The van der Waals surface area contributed by atoms with E-state index in [4.69, 9.17) is 40.4 Å². The van der Waals surface area contributed by atoms with E-state index in [1.54, 1.807) is 5.32 Å². The van der Waals surface area contributed by atoms with Crippen LogP contribution in [0.2, 0.25) is 5.02 Å². The maximum atomic E-state index is 12.5. The van der Waals surface area contributed by atoms with Gasteiger partial charge < -0.3 is 15.1 Å².